The molecule has 1 fully saturated rings. The number of azide groups is 1. The molecule has 1 aromatic carbocycles. The number of carbonyl (C=O) groups excluding carboxylic acids is 1. The Morgan fingerprint density at radius 1 is 1.32 bits per heavy atom. The number of pyridine rings is 1. The quantitative estimate of drug-likeness (QED) is 0.189. The van der Waals surface area contributed by atoms with Crippen molar-refractivity contribution in [1.29, 1.82) is 0 Å². The fourth-order valence-corrected chi connectivity index (χ4v) is 6.08. The van der Waals surface area contributed by atoms with Crippen molar-refractivity contribution in [3.05, 3.63) is 61.1 Å². The van der Waals surface area contributed by atoms with Gasteiger partial charge in [-0.15, -0.1) is 11.3 Å². The van der Waals surface area contributed by atoms with Crippen molar-refractivity contribution in [3.63, 3.8) is 0 Å². The molecule has 2 aromatic heterocycles. The van der Waals surface area contributed by atoms with E-state index in [2.05, 4.69) is 16.1 Å². The molecule has 0 aliphatic heterocycles. The summed E-state index contributed by atoms with van der Waals surface area (Å²) in [6, 6.07) is 6.17. The van der Waals surface area contributed by atoms with E-state index in [-0.39, 0.29) is 23.6 Å². The number of nitrogens with zero attached hydrogens (tertiary/aromatic N) is 4. The topological polar surface area (TPSA) is 106 Å². The Balaban J connectivity index is 1.63. The van der Waals surface area contributed by atoms with Gasteiger partial charge in [0.25, 0.3) is 0 Å². The third-order valence-corrected chi connectivity index (χ3v) is 7.91. The highest BCUT2D eigenvalue weighted by Crippen LogP contribution is 2.45. The number of hydrogen-bond donors (Lipinski definition) is 0. The average molecular weight is 479 g/mol. The Kier molecular flexibility index (Phi) is 6.06. The molecule has 176 valence electrons. The lowest BCUT2D eigenvalue weighted by molar-refractivity contribution is 0.0524. The number of methoxy groups -OCH3 is 1. The second-order valence-electron chi connectivity index (χ2n) is 8.85. The van der Waals surface area contributed by atoms with Gasteiger partial charge in [0.2, 0.25) is 5.43 Å². The number of rotatable bonds is 7. The van der Waals surface area contributed by atoms with Crippen molar-refractivity contribution in [2.75, 3.05) is 20.3 Å². The largest absolute Gasteiger partial charge is 0.494 e. The van der Waals surface area contributed by atoms with E-state index < -0.39 is 5.97 Å². The van der Waals surface area contributed by atoms with Gasteiger partial charge in [0.1, 0.15) is 5.56 Å². The van der Waals surface area contributed by atoms with Crippen LogP contribution in [-0.4, -0.2) is 30.8 Å². The summed E-state index contributed by atoms with van der Waals surface area (Å²) >= 11 is 1.76. The van der Waals surface area contributed by atoms with Crippen LogP contribution in [0.25, 0.3) is 31.8 Å². The molecule has 0 radical (unpaired) electrons. The van der Waals surface area contributed by atoms with E-state index in [1.807, 2.05) is 10.6 Å². The molecule has 1 unspecified atom stereocenters. The minimum absolute atomic E-state index is 0.0636. The number of aromatic nitrogens is 1. The van der Waals surface area contributed by atoms with E-state index in [0.29, 0.717) is 23.6 Å². The lowest BCUT2D eigenvalue weighted by Crippen LogP contribution is -2.21. The van der Waals surface area contributed by atoms with E-state index in [0.717, 1.165) is 48.1 Å². The van der Waals surface area contributed by atoms with Crippen LogP contribution >= 0.6 is 11.3 Å². The summed E-state index contributed by atoms with van der Waals surface area (Å²) in [7, 11) is 1.63. The second-order valence-corrected chi connectivity index (χ2v) is 9.99. The van der Waals surface area contributed by atoms with Gasteiger partial charge < -0.3 is 14.0 Å². The Morgan fingerprint density at radius 2 is 2.15 bits per heavy atom. The van der Waals surface area contributed by atoms with Crippen molar-refractivity contribution < 1.29 is 14.3 Å². The number of hydrogen-bond acceptors (Lipinski definition) is 6. The molecule has 5 rings (SSSR count). The van der Waals surface area contributed by atoms with Crippen LogP contribution in [0.3, 0.4) is 0 Å². The van der Waals surface area contributed by atoms with Crippen molar-refractivity contribution in [2.24, 2.45) is 11.0 Å². The number of esters is 1. The fourth-order valence-electron chi connectivity index (χ4n) is 4.85. The van der Waals surface area contributed by atoms with E-state index in [1.54, 1.807) is 37.6 Å². The summed E-state index contributed by atoms with van der Waals surface area (Å²) in [4.78, 5) is 31.1. The van der Waals surface area contributed by atoms with Crippen molar-refractivity contribution >= 4 is 28.2 Å². The predicted octanol–water partition coefficient (Wildman–Crippen LogP) is 5.67. The molecule has 8 nitrogen and oxygen atoms in total. The molecule has 0 spiro atoms. The van der Waals surface area contributed by atoms with Gasteiger partial charge in [0.15, 0.2) is 5.75 Å². The Labute approximate surface area is 200 Å². The Morgan fingerprint density at radius 3 is 2.85 bits per heavy atom. The van der Waals surface area contributed by atoms with E-state index in [9.17, 15) is 9.59 Å². The van der Waals surface area contributed by atoms with Gasteiger partial charge in [-0.1, -0.05) is 5.11 Å². The van der Waals surface area contributed by atoms with Gasteiger partial charge in [-0.25, -0.2) is 4.79 Å². The molecule has 0 N–H and O–H groups in total. The van der Waals surface area contributed by atoms with Crippen molar-refractivity contribution in [1.82, 2.24) is 4.57 Å². The minimum Gasteiger partial charge on any atom is -0.494 e. The van der Waals surface area contributed by atoms with Crippen LogP contribution in [0.1, 0.15) is 53.0 Å². The zero-order valence-electron chi connectivity index (χ0n) is 19.2. The summed E-state index contributed by atoms with van der Waals surface area (Å²) in [5.41, 5.74) is 11.3. The van der Waals surface area contributed by atoms with Gasteiger partial charge in [-0.05, 0) is 74.2 Å². The third-order valence-electron chi connectivity index (χ3n) is 6.64. The van der Waals surface area contributed by atoms with E-state index >= 15 is 0 Å². The third kappa shape index (κ3) is 3.95. The number of ether oxygens (including phenoxy) is 2. The molecule has 2 aliphatic carbocycles. The summed E-state index contributed by atoms with van der Waals surface area (Å²) in [5, 5.41) is 4.23. The van der Waals surface area contributed by atoms with Crippen LogP contribution in [0, 0.1) is 5.92 Å². The lowest BCUT2D eigenvalue weighted by atomic mass is 9.88. The van der Waals surface area contributed by atoms with Gasteiger partial charge in [0, 0.05) is 39.0 Å². The first kappa shape index (κ1) is 22.5. The standard InChI is InChI=1S/C25H26N4O4S/c1-3-33-25(31)19-13-29(16-5-6-16)22-18(23(19)30)8-7-17(24(22)32-2)21-11-15-10-14(12-27-28-26)4-9-20(15)34-21/h7-8,11,13-14,16H,3-6,9-10,12H2,1-2H3. The normalized spacial score (nSPS) is 17.2. The summed E-state index contributed by atoms with van der Waals surface area (Å²) < 4.78 is 13.1. The first-order valence-electron chi connectivity index (χ1n) is 11.6. The molecule has 3 aromatic rings. The van der Waals surface area contributed by atoms with Crippen molar-refractivity contribution in [3.8, 4) is 16.2 Å². The second kappa shape index (κ2) is 9.16. The molecule has 2 heterocycles. The molecule has 1 saturated carbocycles. The summed E-state index contributed by atoms with van der Waals surface area (Å²) in [5.74, 6) is 0.430. The van der Waals surface area contributed by atoms with Crippen LogP contribution in [-0.2, 0) is 17.6 Å². The fraction of sp³-hybridized carbons (Fsp3) is 0.440. The van der Waals surface area contributed by atoms with Gasteiger partial charge in [-0.3, -0.25) is 4.79 Å². The smallest absolute Gasteiger partial charge is 0.343 e. The maximum Gasteiger partial charge on any atom is 0.343 e. The van der Waals surface area contributed by atoms with E-state index in [4.69, 9.17) is 15.0 Å². The highest BCUT2D eigenvalue weighted by atomic mass is 32.1. The molecule has 2 aliphatic rings. The van der Waals surface area contributed by atoms with Crippen LogP contribution < -0.4 is 10.2 Å². The maximum atomic E-state index is 13.2. The van der Waals surface area contributed by atoms with Crippen molar-refractivity contribution in [2.45, 2.75) is 45.1 Å². The van der Waals surface area contributed by atoms with E-state index in [1.165, 1.54) is 10.4 Å². The molecule has 9 heteroatoms. The lowest BCUT2D eigenvalue weighted by Gasteiger charge is -2.19. The molecular weight excluding hydrogens is 452 g/mol. The molecule has 0 amide bonds. The van der Waals surface area contributed by atoms with Crippen LogP contribution in [0.15, 0.2) is 34.3 Å². The summed E-state index contributed by atoms with van der Waals surface area (Å²) in [6.07, 6.45) is 6.51. The number of benzene rings is 1. The Hall–Kier alpha value is -3.29. The molecule has 34 heavy (non-hydrogen) atoms. The number of carbonyl (C=O) groups is 1. The van der Waals surface area contributed by atoms with Gasteiger partial charge in [-0.2, -0.15) is 0 Å². The molecule has 0 saturated heterocycles. The highest BCUT2D eigenvalue weighted by Gasteiger charge is 2.30. The minimum atomic E-state index is -0.590. The number of thiophene rings is 1. The van der Waals surface area contributed by atoms with Gasteiger partial charge >= 0.3 is 5.97 Å². The summed E-state index contributed by atoms with van der Waals surface area (Å²) in [6.45, 7) is 2.47. The van der Waals surface area contributed by atoms with Crippen LogP contribution in [0.2, 0.25) is 0 Å². The van der Waals surface area contributed by atoms with Gasteiger partial charge in [0.05, 0.1) is 24.6 Å². The predicted molar refractivity (Wildman–Crippen MR) is 132 cm³/mol. The monoisotopic (exact) mass is 478 g/mol. The molecule has 1 atom stereocenters. The first-order chi connectivity index (χ1) is 16.5. The first-order valence-corrected chi connectivity index (χ1v) is 12.4. The molecular formula is C25H26N4O4S. The highest BCUT2D eigenvalue weighted by molar-refractivity contribution is 7.15. The number of fused-ring (bicyclic) bond motifs is 2. The SMILES string of the molecule is CCOC(=O)c1cn(C2CC2)c2c(OC)c(-c3cc4c(s3)CCC(CN=[N+]=[N-])C4)ccc2c1=O. The average Bonchev–Trinajstić information content (AvgIpc) is 3.60. The maximum absolute atomic E-state index is 13.2. The number of aryl methyl sites for hydroxylation is 1. The zero-order valence-corrected chi connectivity index (χ0v) is 20.1. The Bertz CT molecular complexity index is 1380. The van der Waals surface area contributed by atoms with Crippen LogP contribution in [0.5, 0.6) is 5.75 Å². The van der Waals surface area contributed by atoms with Crippen LogP contribution in [0.4, 0.5) is 0 Å². The zero-order chi connectivity index (χ0) is 23.8. The molecule has 0 bridgehead atoms.